The number of carbonyl (C=O) groups excluding carboxylic acids is 3. The van der Waals surface area contributed by atoms with E-state index in [0.29, 0.717) is 35.8 Å². The Labute approximate surface area is 182 Å². The van der Waals surface area contributed by atoms with Gasteiger partial charge >= 0.3 is 0 Å². The van der Waals surface area contributed by atoms with Crippen molar-refractivity contribution in [2.24, 2.45) is 5.92 Å². The van der Waals surface area contributed by atoms with Crippen LogP contribution in [-0.2, 0) is 0 Å². The van der Waals surface area contributed by atoms with Crippen molar-refractivity contribution < 1.29 is 23.9 Å². The number of rotatable bonds is 8. The van der Waals surface area contributed by atoms with Gasteiger partial charge in [0.05, 0.1) is 30.4 Å². The molecule has 2 aromatic rings. The summed E-state index contributed by atoms with van der Waals surface area (Å²) in [5.74, 6) is 0.315. The minimum absolute atomic E-state index is 0.0974. The van der Waals surface area contributed by atoms with Crippen LogP contribution in [0.2, 0.25) is 0 Å². The van der Waals surface area contributed by atoms with Gasteiger partial charge in [0.2, 0.25) is 0 Å². The minimum Gasteiger partial charge on any atom is -0.490 e. The first-order valence-electron chi connectivity index (χ1n) is 10.4. The molecule has 3 amide bonds. The number of nitrogens with zero attached hydrogens (tertiary/aromatic N) is 1. The van der Waals surface area contributed by atoms with E-state index in [0.717, 1.165) is 10.5 Å². The van der Waals surface area contributed by atoms with Crippen LogP contribution in [0.15, 0.2) is 36.4 Å². The molecule has 7 heteroatoms. The lowest BCUT2D eigenvalue weighted by Gasteiger charge is -2.24. The minimum atomic E-state index is -0.400. The molecular formula is C24H28N2O5. The zero-order valence-electron chi connectivity index (χ0n) is 18.5. The van der Waals surface area contributed by atoms with Crippen LogP contribution < -0.4 is 14.8 Å². The summed E-state index contributed by atoms with van der Waals surface area (Å²) >= 11 is 0. The number of nitrogens with one attached hydrogen (secondary N) is 1. The van der Waals surface area contributed by atoms with Gasteiger partial charge in [-0.1, -0.05) is 19.9 Å². The zero-order chi connectivity index (χ0) is 22.7. The number of fused-ring (bicyclic) bond motifs is 1. The fourth-order valence-corrected chi connectivity index (χ4v) is 3.62. The SMILES string of the molecule is CCOc1ccc(C(NC(=O)c2ccc3c(c2)C(=O)N(C)C3=O)C(C)C)cc1OCC. The predicted molar refractivity (Wildman–Crippen MR) is 117 cm³/mol. The monoisotopic (exact) mass is 424 g/mol. The van der Waals surface area contributed by atoms with Gasteiger partial charge < -0.3 is 14.8 Å². The van der Waals surface area contributed by atoms with Gasteiger partial charge in [-0.15, -0.1) is 0 Å². The third-order valence-electron chi connectivity index (χ3n) is 5.23. The molecule has 164 valence electrons. The van der Waals surface area contributed by atoms with Gasteiger partial charge in [-0.05, 0) is 55.7 Å². The molecule has 0 aromatic heterocycles. The van der Waals surface area contributed by atoms with Crippen LogP contribution in [0.25, 0.3) is 0 Å². The number of hydrogen-bond donors (Lipinski definition) is 1. The van der Waals surface area contributed by atoms with Crippen molar-refractivity contribution in [3.05, 3.63) is 58.7 Å². The first kappa shape index (κ1) is 22.3. The molecule has 0 spiro atoms. The molecule has 0 fully saturated rings. The molecule has 0 radical (unpaired) electrons. The molecular weight excluding hydrogens is 396 g/mol. The average molecular weight is 424 g/mol. The second kappa shape index (κ2) is 9.20. The quantitative estimate of drug-likeness (QED) is 0.651. The van der Waals surface area contributed by atoms with E-state index in [1.165, 1.54) is 19.2 Å². The molecule has 7 nitrogen and oxygen atoms in total. The molecule has 3 rings (SSSR count). The summed E-state index contributed by atoms with van der Waals surface area (Å²) in [6, 6.07) is 9.95. The first-order chi connectivity index (χ1) is 14.8. The maximum atomic E-state index is 13.0. The van der Waals surface area contributed by atoms with E-state index in [2.05, 4.69) is 5.32 Å². The van der Waals surface area contributed by atoms with E-state index in [1.807, 2.05) is 45.9 Å². The molecule has 1 atom stereocenters. The lowest BCUT2D eigenvalue weighted by Crippen LogP contribution is -2.32. The summed E-state index contributed by atoms with van der Waals surface area (Å²) in [5, 5.41) is 3.05. The highest BCUT2D eigenvalue weighted by Crippen LogP contribution is 2.33. The highest BCUT2D eigenvalue weighted by Gasteiger charge is 2.33. The third-order valence-corrected chi connectivity index (χ3v) is 5.23. The predicted octanol–water partition coefficient (Wildman–Crippen LogP) is 3.84. The summed E-state index contributed by atoms with van der Waals surface area (Å²) in [4.78, 5) is 38.4. The van der Waals surface area contributed by atoms with Gasteiger partial charge in [0.25, 0.3) is 17.7 Å². The summed E-state index contributed by atoms with van der Waals surface area (Å²) < 4.78 is 11.3. The van der Waals surface area contributed by atoms with Crippen molar-refractivity contribution in [1.29, 1.82) is 0 Å². The standard InChI is InChI=1S/C24H28N2O5/c1-6-30-19-11-9-15(13-20(19)31-7-2)21(14(3)4)25-22(27)16-8-10-17-18(12-16)24(29)26(5)23(17)28/h8-14,21H,6-7H2,1-5H3,(H,25,27). The van der Waals surface area contributed by atoms with E-state index in [1.54, 1.807) is 6.07 Å². The summed E-state index contributed by atoms with van der Waals surface area (Å²) in [5.41, 5.74) is 1.79. The Morgan fingerprint density at radius 3 is 2.23 bits per heavy atom. The van der Waals surface area contributed by atoms with Crippen LogP contribution in [0.5, 0.6) is 11.5 Å². The van der Waals surface area contributed by atoms with E-state index in [4.69, 9.17) is 9.47 Å². The Morgan fingerprint density at radius 1 is 0.935 bits per heavy atom. The van der Waals surface area contributed by atoms with Crippen molar-refractivity contribution in [1.82, 2.24) is 10.2 Å². The number of amides is 3. The van der Waals surface area contributed by atoms with E-state index in [-0.39, 0.29) is 29.3 Å². The molecule has 1 aliphatic rings. The Morgan fingerprint density at radius 2 is 1.58 bits per heavy atom. The summed E-state index contributed by atoms with van der Waals surface area (Å²) in [6.45, 7) is 8.87. The van der Waals surface area contributed by atoms with Gasteiger partial charge in [0, 0.05) is 12.6 Å². The molecule has 1 heterocycles. The van der Waals surface area contributed by atoms with Crippen molar-refractivity contribution in [3.63, 3.8) is 0 Å². The fourth-order valence-electron chi connectivity index (χ4n) is 3.62. The van der Waals surface area contributed by atoms with Crippen LogP contribution in [-0.4, -0.2) is 42.9 Å². The van der Waals surface area contributed by atoms with Crippen LogP contribution in [0.4, 0.5) is 0 Å². The maximum absolute atomic E-state index is 13.0. The molecule has 2 aromatic carbocycles. The van der Waals surface area contributed by atoms with E-state index >= 15 is 0 Å². The Balaban J connectivity index is 1.88. The average Bonchev–Trinajstić information content (AvgIpc) is 2.97. The van der Waals surface area contributed by atoms with Crippen LogP contribution in [0, 0.1) is 5.92 Å². The molecule has 31 heavy (non-hydrogen) atoms. The lowest BCUT2D eigenvalue weighted by atomic mass is 9.95. The van der Waals surface area contributed by atoms with Crippen LogP contribution in [0.3, 0.4) is 0 Å². The smallest absolute Gasteiger partial charge is 0.261 e. The van der Waals surface area contributed by atoms with Gasteiger partial charge in [0.1, 0.15) is 0 Å². The normalized spacial score (nSPS) is 13.9. The number of hydrogen-bond acceptors (Lipinski definition) is 5. The van der Waals surface area contributed by atoms with Crippen LogP contribution >= 0.6 is 0 Å². The van der Waals surface area contributed by atoms with E-state index in [9.17, 15) is 14.4 Å². The number of carbonyl (C=O) groups is 3. The number of ether oxygens (including phenoxy) is 2. The Hall–Kier alpha value is -3.35. The molecule has 0 saturated heterocycles. The van der Waals surface area contributed by atoms with Gasteiger partial charge in [-0.3, -0.25) is 19.3 Å². The van der Waals surface area contributed by atoms with Crippen molar-refractivity contribution >= 4 is 17.7 Å². The van der Waals surface area contributed by atoms with Gasteiger partial charge in [-0.2, -0.15) is 0 Å². The Bertz CT molecular complexity index is 1020. The summed E-state index contributed by atoms with van der Waals surface area (Å²) in [6.07, 6.45) is 0. The molecule has 1 unspecified atom stereocenters. The maximum Gasteiger partial charge on any atom is 0.261 e. The van der Waals surface area contributed by atoms with Crippen molar-refractivity contribution in [3.8, 4) is 11.5 Å². The molecule has 1 aliphatic heterocycles. The van der Waals surface area contributed by atoms with Gasteiger partial charge in [0.15, 0.2) is 11.5 Å². The second-order valence-electron chi connectivity index (χ2n) is 7.70. The molecule has 0 aliphatic carbocycles. The van der Waals surface area contributed by atoms with E-state index < -0.39 is 5.91 Å². The van der Waals surface area contributed by atoms with Crippen molar-refractivity contribution in [2.45, 2.75) is 33.7 Å². The summed E-state index contributed by atoms with van der Waals surface area (Å²) in [7, 11) is 1.43. The van der Waals surface area contributed by atoms with Crippen LogP contribution in [0.1, 0.15) is 70.4 Å². The van der Waals surface area contributed by atoms with Crippen molar-refractivity contribution in [2.75, 3.05) is 20.3 Å². The second-order valence-corrected chi connectivity index (χ2v) is 7.70. The highest BCUT2D eigenvalue weighted by molar-refractivity contribution is 6.21. The first-order valence-corrected chi connectivity index (χ1v) is 10.4. The molecule has 1 N–H and O–H groups in total. The topological polar surface area (TPSA) is 84.9 Å². The lowest BCUT2D eigenvalue weighted by molar-refractivity contribution is 0.0693. The highest BCUT2D eigenvalue weighted by atomic mass is 16.5. The molecule has 0 saturated carbocycles. The zero-order valence-corrected chi connectivity index (χ0v) is 18.5. The third kappa shape index (κ3) is 4.40. The fraction of sp³-hybridized carbons (Fsp3) is 0.375. The number of imide groups is 1. The van der Waals surface area contributed by atoms with Gasteiger partial charge in [-0.25, -0.2) is 0 Å². The molecule has 0 bridgehead atoms. The Kier molecular flexibility index (Phi) is 6.63. The largest absolute Gasteiger partial charge is 0.490 e. The number of benzene rings is 2.